The number of aryl methyl sites for hydroxylation is 2. The fourth-order valence-corrected chi connectivity index (χ4v) is 7.90. The molecule has 0 amide bonds. The van der Waals surface area contributed by atoms with Crippen LogP contribution >= 0.6 is 11.6 Å². The highest BCUT2D eigenvalue weighted by Gasteiger charge is 2.57. The largest absolute Gasteiger partial charge is 0.481 e. The zero-order chi connectivity index (χ0) is 39.0. The number of ether oxygens (including phenoxy) is 1. The molecule has 1 saturated heterocycles. The number of hydrogen-bond donors (Lipinski definition) is 3. The number of methoxy groups -OCH3 is 1. The summed E-state index contributed by atoms with van der Waals surface area (Å²) in [6.07, 6.45) is 0.0317. The van der Waals surface area contributed by atoms with E-state index in [-0.39, 0.29) is 22.6 Å². The minimum absolute atomic E-state index is 0.00810. The van der Waals surface area contributed by atoms with Crippen LogP contribution in [-0.4, -0.2) is 50.4 Å². The molecule has 5 aromatic rings. The second-order valence-electron chi connectivity index (χ2n) is 13.4. The summed E-state index contributed by atoms with van der Waals surface area (Å²) in [7, 11) is 4.38. The molecule has 284 valence electrons. The molecule has 3 aliphatic rings. The number of carboxylic acid groups (broad SMARTS) is 1. The van der Waals surface area contributed by atoms with Gasteiger partial charge in [-0.15, -0.1) is 0 Å². The molecule has 2 fully saturated rings. The van der Waals surface area contributed by atoms with Gasteiger partial charge in [0.25, 0.3) is 12.0 Å². The van der Waals surface area contributed by atoms with Gasteiger partial charge in [0.15, 0.2) is 0 Å². The highest BCUT2D eigenvalue weighted by Crippen LogP contribution is 2.48. The molecule has 1 saturated carbocycles. The van der Waals surface area contributed by atoms with Crippen molar-refractivity contribution >= 4 is 40.0 Å². The molecule has 14 heteroatoms. The Balaban J connectivity index is 0.000000388. The number of piperidine rings is 1. The maximum Gasteiger partial charge on any atom is 0.330 e. The van der Waals surface area contributed by atoms with Gasteiger partial charge in [0, 0.05) is 36.5 Å². The third-order valence-electron chi connectivity index (χ3n) is 10.5. The summed E-state index contributed by atoms with van der Waals surface area (Å²) in [4.78, 5) is 44.9. The minimum Gasteiger partial charge on any atom is -0.481 e. The van der Waals surface area contributed by atoms with Crippen LogP contribution in [0.3, 0.4) is 0 Å². The van der Waals surface area contributed by atoms with E-state index in [0.29, 0.717) is 28.4 Å². The van der Waals surface area contributed by atoms with E-state index in [0.717, 1.165) is 81.1 Å². The summed E-state index contributed by atoms with van der Waals surface area (Å²) in [6.45, 7) is 7.70. The molecule has 2 unspecified atom stereocenters. The van der Waals surface area contributed by atoms with Crippen molar-refractivity contribution in [3.8, 4) is 28.3 Å². The first-order valence-electron chi connectivity index (χ1n) is 18.0. The topological polar surface area (TPSA) is 140 Å². The molecule has 0 spiro atoms. The molecule has 11 nitrogen and oxygen atoms in total. The van der Waals surface area contributed by atoms with Crippen LogP contribution in [0.5, 0.6) is 5.88 Å². The van der Waals surface area contributed by atoms with E-state index >= 15 is 0 Å². The van der Waals surface area contributed by atoms with Gasteiger partial charge in [-0.25, -0.2) is 23.5 Å². The number of aromatic nitrogens is 4. The standard InChI is InChI=1S/C32H28ClF2N5O3.C6H9NO2.C2H6/c1-16-18(20-11-6-12-21(27(20)33)23-14-17-8-5-10-19(17)30(38-23)43-4)9-7-13-22(16)36-29-26-25(15-24(37-29)28(34)35)39(2)32(42)40(3)31(26)41;8-6(9)5-3-1-7-2-4(3)5;1-2/h6-7,9,11-15,28H,5,8,10H2,1-4H3,(H,36,37);3-5,7H,1-2H2,(H,8,9);1-2H3. The lowest BCUT2D eigenvalue weighted by atomic mass is 9.96. The molecule has 4 heterocycles. The Labute approximate surface area is 316 Å². The molecule has 3 N–H and O–H groups in total. The van der Waals surface area contributed by atoms with Crippen LogP contribution in [0, 0.1) is 24.7 Å². The van der Waals surface area contributed by atoms with E-state index in [2.05, 4.69) is 21.7 Å². The Kier molecular flexibility index (Phi) is 11.2. The highest BCUT2D eigenvalue weighted by atomic mass is 35.5. The van der Waals surface area contributed by atoms with E-state index in [9.17, 15) is 23.2 Å². The van der Waals surface area contributed by atoms with Gasteiger partial charge < -0.3 is 20.5 Å². The number of nitrogens with zero attached hydrogens (tertiary/aromatic N) is 4. The second-order valence-corrected chi connectivity index (χ2v) is 13.8. The number of aliphatic carboxylic acids is 1. The molecular formula is C40H43ClF2N6O5. The number of benzene rings is 2. The van der Waals surface area contributed by atoms with Crippen LogP contribution in [0.25, 0.3) is 33.3 Å². The average molecular weight is 761 g/mol. The van der Waals surface area contributed by atoms with Gasteiger partial charge in [0.05, 0.1) is 29.3 Å². The van der Waals surface area contributed by atoms with Gasteiger partial charge in [-0.3, -0.25) is 18.7 Å². The number of alkyl halides is 2. The van der Waals surface area contributed by atoms with Crippen LogP contribution in [-0.2, 0) is 31.7 Å². The summed E-state index contributed by atoms with van der Waals surface area (Å²) in [5.74, 6) is 0.851. The van der Waals surface area contributed by atoms with E-state index in [1.165, 1.54) is 19.7 Å². The van der Waals surface area contributed by atoms with Gasteiger partial charge in [0.2, 0.25) is 5.88 Å². The van der Waals surface area contributed by atoms with Crippen LogP contribution in [0.4, 0.5) is 20.3 Å². The SMILES string of the molecule is CC.COc1nc(-c2cccc(-c3cccc(Nc4nc(C(F)F)cc5c4c(=O)n(C)c(=O)n5C)c3C)c2Cl)cc2c1CCC2.O=C(O)C1C2CNCC21. The molecule has 3 aromatic heterocycles. The fourth-order valence-electron chi connectivity index (χ4n) is 7.58. The Morgan fingerprint density at radius 3 is 2.31 bits per heavy atom. The van der Waals surface area contributed by atoms with Crippen molar-refractivity contribution in [3.63, 3.8) is 0 Å². The molecule has 2 atom stereocenters. The zero-order valence-corrected chi connectivity index (χ0v) is 31.7. The fraction of sp³-hybridized carbons (Fsp3) is 0.375. The van der Waals surface area contributed by atoms with E-state index in [4.69, 9.17) is 26.4 Å². The number of carboxylic acids is 1. The van der Waals surface area contributed by atoms with Crippen molar-refractivity contribution in [2.75, 3.05) is 25.5 Å². The van der Waals surface area contributed by atoms with Crippen molar-refractivity contribution < 1.29 is 23.4 Å². The lowest BCUT2D eigenvalue weighted by molar-refractivity contribution is -0.139. The quantitative estimate of drug-likeness (QED) is 0.159. The molecule has 2 aliphatic carbocycles. The van der Waals surface area contributed by atoms with Crippen molar-refractivity contribution in [3.05, 3.63) is 96.8 Å². The molecule has 0 bridgehead atoms. The monoisotopic (exact) mass is 760 g/mol. The van der Waals surface area contributed by atoms with Gasteiger partial charge >= 0.3 is 11.7 Å². The molecule has 54 heavy (non-hydrogen) atoms. The summed E-state index contributed by atoms with van der Waals surface area (Å²) >= 11 is 7.04. The maximum absolute atomic E-state index is 13.8. The molecule has 0 radical (unpaired) electrons. The summed E-state index contributed by atoms with van der Waals surface area (Å²) in [6, 6.07) is 14.3. The number of anilines is 2. The van der Waals surface area contributed by atoms with Gasteiger partial charge in [-0.1, -0.05) is 55.8 Å². The number of carbonyl (C=O) groups is 1. The van der Waals surface area contributed by atoms with Crippen LogP contribution < -0.4 is 26.6 Å². The Bertz CT molecular complexity index is 2370. The Morgan fingerprint density at radius 1 is 1.00 bits per heavy atom. The number of hydrogen-bond acceptors (Lipinski definition) is 8. The molecule has 1 aliphatic heterocycles. The summed E-state index contributed by atoms with van der Waals surface area (Å²) in [5, 5.41) is 15.3. The number of halogens is 3. The first kappa shape index (κ1) is 38.6. The lowest BCUT2D eigenvalue weighted by Crippen LogP contribution is -2.37. The van der Waals surface area contributed by atoms with E-state index in [1.54, 1.807) is 19.2 Å². The summed E-state index contributed by atoms with van der Waals surface area (Å²) in [5.41, 5.74) is 4.88. The van der Waals surface area contributed by atoms with Gasteiger partial charge in [-0.05, 0) is 86.0 Å². The number of rotatable bonds is 7. The smallest absolute Gasteiger partial charge is 0.330 e. The first-order valence-corrected chi connectivity index (χ1v) is 18.3. The van der Waals surface area contributed by atoms with Crippen molar-refractivity contribution in [1.82, 2.24) is 24.4 Å². The number of pyridine rings is 2. The summed E-state index contributed by atoms with van der Waals surface area (Å²) < 4.78 is 35.4. The van der Waals surface area contributed by atoms with Crippen LogP contribution in [0.2, 0.25) is 5.02 Å². The normalized spacial score (nSPS) is 17.9. The zero-order valence-electron chi connectivity index (χ0n) is 31.0. The molecule has 8 rings (SSSR count). The Hall–Kier alpha value is -5.14. The Morgan fingerprint density at radius 2 is 1.67 bits per heavy atom. The van der Waals surface area contributed by atoms with Crippen molar-refractivity contribution in [2.24, 2.45) is 31.8 Å². The van der Waals surface area contributed by atoms with Gasteiger partial charge in [-0.2, -0.15) is 0 Å². The highest BCUT2D eigenvalue weighted by molar-refractivity contribution is 6.36. The average Bonchev–Trinajstić information content (AvgIpc) is 3.44. The minimum atomic E-state index is -2.91. The predicted molar refractivity (Wildman–Crippen MR) is 206 cm³/mol. The number of fused-ring (bicyclic) bond motifs is 3. The molecule has 2 aromatic carbocycles. The third-order valence-corrected chi connectivity index (χ3v) is 10.9. The predicted octanol–water partition coefficient (Wildman–Crippen LogP) is 7.06. The van der Waals surface area contributed by atoms with Gasteiger partial charge in [0.1, 0.15) is 16.9 Å². The third kappa shape index (κ3) is 6.98. The van der Waals surface area contributed by atoms with E-state index in [1.807, 2.05) is 45.0 Å². The van der Waals surface area contributed by atoms with Crippen molar-refractivity contribution in [1.29, 1.82) is 0 Å². The first-order chi connectivity index (χ1) is 25.9. The van der Waals surface area contributed by atoms with E-state index < -0.39 is 29.3 Å². The van der Waals surface area contributed by atoms with Crippen molar-refractivity contribution in [2.45, 2.75) is 46.5 Å². The second kappa shape index (κ2) is 15.7. The van der Waals surface area contributed by atoms with Crippen LogP contribution in [0.1, 0.15) is 49.1 Å². The lowest BCUT2D eigenvalue weighted by Gasteiger charge is -2.18. The maximum atomic E-state index is 13.8. The molecular weight excluding hydrogens is 718 g/mol. The number of nitrogens with one attached hydrogen (secondary N) is 2. The van der Waals surface area contributed by atoms with Crippen LogP contribution in [0.15, 0.2) is 58.1 Å².